The van der Waals surface area contributed by atoms with Crippen molar-refractivity contribution in [3.8, 4) is 5.75 Å². The van der Waals surface area contributed by atoms with Gasteiger partial charge < -0.3 is 14.5 Å². The molecule has 3 rings (SSSR count). The Labute approximate surface area is 155 Å². The Balaban J connectivity index is 1.56. The van der Waals surface area contributed by atoms with Gasteiger partial charge in [-0.2, -0.15) is 0 Å². The number of para-hydroxylation sites is 1. The molecular formula is C19H20BrFN2O2. The molecule has 0 spiro atoms. The van der Waals surface area contributed by atoms with Crippen molar-refractivity contribution in [3.63, 3.8) is 0 Å². The summed E-state index contributed by atoms with van der Waals surface area (Å²) in [7, 11) is 0. The fourth-order valence-corrected chi connectivity index (χ4v) is 3.17. The van der Waals surface area contributed by atoms with Gasteiger partial charge in [-0.25, -0.2) is 4.39 Å². The Bertz CT molecular complexity index is 730. The number of ether oxygens (including phenoxy) is 1. The van der Waals surface area contributed by atoms with Crippen LogP contribution in [0, 0.1) is 5.82 Å². The summed E-state index contributed by atoms with van der Waals surface area (Å²) < 4.78 is 20.6. The highest BCUT2D eigenvalue weighted by atomic mass is 79.9. The standard InChI is InChI=1S/C19H20BrFN2O2/c1-14(25-16-8-6-15(20)7-9-16)19(24)23-12-10-22(11-13-23)18-5-3-2-4-17(18)21/h2-9,14H,10-13H2,1H3/t14-/m0/s1. The van der Waals surface area contributed by atoms with E-state index in [4.69, 9.17) is 4.74 Å². The van der Waals surface area contributed by atoms with Crippen LogP contribution >= 0.6 is 15.9 Å². The number of rotatable bonds is 4. The van der Waals surface area contributed by atoms with Crippen LogP contribution in [0.5, 0.6) is 5.75 Å². The van der Waals surface area contributed by atoms with Gasteiger partial charge in [0, 0.05) is 30.7 Å². The third-order valence-corrected chi connectivity index (χ3v) is 4.79. The lowest BCUT2D eigenvalue weighted by molar-refractivity contribution is -0.138. The van der Waals surface area contributed by atoms with E-state index < -0.39 is 6.10 Å². The predicted molar refractivity (Wildman–Crippen MR) is 99.4 cm³/mol. The quantitative estimate of drug-likeness (QED) is 0.775. The number of halogens is 2. The molecule has 4 nitrogen and oxygen atoms in total. The van der Waals surface area contributed by atoms with Crippen LogP contribution in [0.1, 0.15) is 6.92 Å². The molecule has 2 aromatic carbocycles. The van der Waals surface area contributed by atoms with Crippen LogP contribution in [-0.2, 0) is 4.79 Å². The molecule has 6 heteroatoms. The van der Waals surface area contributed by atoms with Crippen molar-refractivity contribution in [3.05, 3.63) is 58.8 Å². The summed E-state index contributed by atoms with van der Waals surface area (Å²) in [6, 6.07) is 14.1. The molecule has 1 aliphatic heterocycles. The molecule has 1 saturated heterocycles. The minimum atomic E-state index is -0.554. The first kappa shape index (κ1) is 17.7. The van der Waals surface area contributed by atoms with Gasteiger partial charge in [0.15, 0.2) is 6.10 Å². The molecule has 1 heterocycles. The van der Waals surface area contributed by atoms with E-state index in [1.807, 2.05) is 35.2 Å². The van der Waals surface area contributed by atoms with Crippen molar-refractivity contribution in [2.45, 2.75) is 13.0 Å². The molecule has 0 saturated carbocycles. The molecule has 0 radical (unpaired) electrons. The molecule has 25 heavy (non-hydrogen) atoms. The van der Waals surface area contributed by atoms with E-state index in [0.717, 1.165) is 4.47 Å². The second-order valence-corrected chi connectivity index (χ2v) is 6.89. The summed E-state index contributed by atoms with van der Waals surface area (Å²) in [5.74, 6) is 0.388. The molecule has 0 aliphatic carbocycles. The van der Waals surface area contributed by atoms with Crippen molar-refractivity contribution < 1.29 is 13.9 Å². The zero-order chi connectivity index (χ0) is 17.8. The summed E-state index contributed by atoms with van der Waals surface area (Å²) in [6.45, 7) is 4.09. The number of carbonyl (C=O) groups excluding carboxylic acids is 1. The molecule has 1 fully saturated rings. The van der Waals surface area contributed by atoms with Crippen LogP contribution in [0.2, 0.25) is 0 Å². The number of piperazine rings is 1. The first-order valence-corrected chi connectivity index (χ1v) is 9.04. The molecule has 1 amide bonds. The van der Waals surface area contributed by atoms with Crippen molar-refractivity contribution in [1.29, 1.82) is 0 Å². The van der Waals surface area contributed by atoms with Gasteiger partial charge in [0.05, 0.1) is 5.69 Å². The summed E-state index contributed by atoms with van der Waals surface area (Å²) in [4.78, 5) is 16.3. The topological polar surface area (TPSA) is 32.8 Å². The molecule has 1 atom stereocenters. The van der Waals surface area contributed by atoms with Gasteiger partial charge in [-0.05, 0) is 43.3 Å². The Hall–Kier alpha value is -2.08. The first-order chi connectivity index (χ1) is 12.0. The van der Waals surface area contributed by atoms with Crippen LogP contribution in [0.15, 0.2) is 53.0 Å². The number of amides is 1. The van der Waals surface area contributed by atoms with Crippen molar-refractivity contribution in [2.24, 2.45) is 0 Å². The molecule has 0 N–H and O–H groups in total. The van der Waals surface area contributed by atoms with E-state index in [1.54, 1.807) is 24.0 Å². The van der Waals surface area contributed by atoms with E-state index in [9.17, 15) is 9.18 Å². The number of hydrogen-bond donors (Lipinski definition) is 0. The van der Waals surface area contributed by atoms with Crippen LogP contribution in [0.25, 0.3) is 0 Å². The fraction of sp³-hybridized carbons (Fsp3) is 0.316. The van der Waals surface area contributed by atoms with Gasteiger partial charge in [0.25, 0.3) is 5.91 Å². The fourth-order valence-electron chi connectivity index (χ4n) is 2.90. The molecule has 0 bridgehead atoms. The summed E-state index contributed by atoms with van der Waals surface area (Å²) >= 11 is 3.37. The second kappa shape index (κ2) is 7.87. The van der Waals surface area contributed by atoms with E-state index in [1.165, 1.54) is 6.07 Å². The zero-order valence-electron chi connectivity index (χ0n) is 14.0. The highest BCUT2D eigenvalue weighted by Gasteiger charge is 2.26. The van der Waals surface area contributed by atoms with E-state index in [-0.39, 0.29) is 11.7 Å². The lowest BCUT2D eigenvalue weighted by Gasteiger charge is -2.37. The molecular weight excluding hydrogens is 387 g/mol. The lowest BCUT2D eigenvalue weighted by Crippen LogP contribution is -2.52. The maximum Gasteiger partial charge on any atom is 0.263 e. The number of hydrogen-bond acceptors (Lipinski definition) is 3. The maximum atomic E-state index is 13.9. The summed E-state index contributed by atoms with van der Waals surface area (Å²) in [5.41, 5.74) is 0.591. The Morgan fingerprint density at radius 2 is 1.72 bits per heavy atom. The predicted octanol–water partition coefficient (Wildman–Crippen LogP) is 3.70. The lowest BCUT2D eigenvalue weighted by atomic mass is 10.2. The van der Waals surface area contributed by atoms with Gasteiger partial charge in [-0.15, -0.1) is 0 Å². The molecule has 2 aromatic rings. The largest absolute Gasteiger partial charge is 0.481 e. The van der Waals surface area contributed by atoms with Crippen molar-refractivity contribution in [1.82, 2.24) is 4.90 Å². The average Bonchev–Trinajstić information content (AvgIpc) is 2.63. The van der Waals surface area contributed by atoms with Crippen LogP contribution in [-0.4, -0.2) is 43.1 Å². The molecule has 132 valence electrons. The SMILES string of the molecule is C[C@H](Oc1ccc(Br)cc1)C(=O)N1CCN(c2ccccc2F)CC1. The Morgan fingerprint density at radius 3 is 2.36 bits per heavy atom. The van der Waals surface area contributed by atoms with Crippen molar-refractivity contribution >= 4 is 27.5 Å². The third-order valence-electron chi connectivity index (χ3n) is 4.26. The van der Waals surface area contributed by atoms with E-state index in [2.05, 4.69) is 15.9 Å². The Morgan fingerprint density at radius 1 is 1.08 bits per heavy atom. The highest BCUT2D eigenvalue weighted by Crippen LogP contribution is 2.21. The van der Waals surface area contributed by atoms with Crippen LogP contribution in [0.3, 0.4) is 0 Å². The number of anilines is 1. The summed E-state index contributed by atoms with van der Waals surface area (Å²) in [6.07, 6.45) is -0.554. The number of carbonyl (C=O) groups is 1. The molecule has 0 unspecified atom stereocenters. The van der Waals surface area contributed by atoms with Gasteiger partial charge in [-0.1, -0.05) is 28.1 Å². The highest BCUT2D eigenvalue weighted by molar-refractivity contribution is 9.10. The summed E-state index contributed by atoms with van der Waals surface area (Å²) in [5, 5.41) is 0. The molecule has 1 aliphatic rings. The van der Waals surface area contributed by atoms with E-state index >= 15 is 0 Å². The van der Waals surface area contributed by atoms with Gasteiger partial charge in [-0.3, -0.25) is 4.79 Å². The second-order valence-electron chi connectivity index (χ2n) is 5.98. The van der Waals surface area contributed by atoms with Crippen molar-refractivity contribution in [2.75, 3.05) is 31.1 Å². The monoisotopic (exact) mass is 406 g/mol. The first-order valence-electron chi connectivity index (χ1n) is 8.25. The average molecular weight is 407 g/mol. The minimum Gasteiger partial charge on any atom is -0.481 e. The third kappa shape index (κ3) is 4.31. The normalized spacial score (nSPS) is 15.8. The Kier molecular flexibility index (Phi) is 5.58. The zero-order valence-corrected chi connectivity index (χ0v) is 15.6. The van der Waals surface area contributed by atoms with Crippen LogP contribution in [0.4, 0.5) is 10.1 Å². The van der Waals surface area contributed by atoms with E-state index in [0.29, 0.717) is 37.6 Å². The van der Waals surface area contributed by atoms with Gasteiger partial charge >= 0.3 is 0 Å². The van der Waals surface area contributed by atoms with Gasteiger partial charge in [0.1, 0.15) is 11.6 Å². The smallest absolute Gasteiger partial charge is 0.263 e. The maximum absolute atomic E-state index is 13.9. The molecule has 0 aromatic heterocycles. The van der Waals surface area contributed by atoms with Crippen LogP contribution < -0.4 is 9.64 Å². The van der Waals surface area contributed by atoms with Gasteiger partial charge in [0.2, 0.25) is 0 Å². The number of benzene rings is 2. The minimum absolute atomic E-state index is 0.0453. The number of nitrogens with zero attached hydrogens (tertiary/aromatic N) is 2.